The maximum atomic E-state index is 11.8. The first kappa shape index (κ1) is 11.8. The van der Waals surface area contributed by atoms with Gasteiger partial charge in [-0.05, 0) is 13.0 Å². The molecule has 0 spiro atoms. The van der Waals surface area contributed by atoms with Crippen LogP contribution in [-0.2, 0) is 23.1 Å². The summed E-state index contributed by atoms with van der Waals surface area (Å²) in [4.78, 5) is 3.85. The van der Waals surface area contributed by atoms with Gasteiger partial charge < -0.3 is 4.57 Å². The molecule has 0 amide bonds. The maximum absolute atomic E-state index is 11.8. The Morgan fingerprint density at radius 3 is 2.94 bits per heavy atom. The molecule has 0 atom stereocenters. The molecule has 0 aromatic carbocycles. The number of H-pyrrole nitrogens is 1. The lowest BCUT2D eigenvalue weighted by molar-refractivity contribution is 0.577. The third kappa shape index (κ3) is 2.71. The molecule has 2 rings (SSSR count). The highest BCUT2D eigenvalue weighted by molar-refractivity contribution is 7.89. The van der Waals surface area contributed by atoms with Crippen LogP contribution in [0.25, 0.3) is 0 Å². The van der Waals surface area contributed by atoms with Crippen molar-refractivity contribution in [2.45, 2.75) is 25.0 Å². The highest BCUT2D eigenvalue weighted by Crippen LogP contribution is 2.05. The summed E-state index contributed by atoms with van der Waals surface area (Å²) in [5.41, 5.74) is 0.698. The van der Waals surface area contributed by atoms with Crippen LogP contribution in [0.3, 0.4) is 0 Å². The summed E-state index contributed by atoms with van der Waals surface area (Å²) in [5.74, 6) is 0. The van der Waals surface area contributed by atoms with E-state index < -0.39 is 10.0 Å². The molecule has 8 heteroatoms. The molecule has 7 nitrogen and oxygen atoms in total. The maximum Gasteiger partial charge on any atom is 0.259 e. The summed E-state index contributed by atoms with van der Waals surface area (Å²) in [6.45, 7) is 2.76. The molecule has 2 aromatic heterocycles. The lowest BCUT2D eigenvalue weighted by Crippen LogP contribution is -2.23. The minimum absolute atomic E-state index is 0.0267. The lowest BCUT2D eigenvalue weighted by Gasteiger charge is -2.01. The molecule has 17 heavy (non-hydrogen) atoms. The van der Waals surface area contributed by atoms with Crippen molar-refractivity contribution in [3.63, 3.8) is 0 Å². The minimum Gasteiger partial charge on any atom is -0.336 e. The van der Waals surface area contributed by atoms with E-state index in [0.29, 0.717) is 12.2 Å². The van der Waals surface area contributed by atoms with Gasteiger partial charge in [-0.3, -0.25) is 5.10 Å². The van der Waals surface area contributed by atoms with Crippen LogP contribution in [0, 0.1) is 0 Å². The molecule has 92 valence electrons. The minimum atomic E-state index is -3.56. The average Bonchev–Trinajstić information content (AvgIpc) is 2.98. The smallest absolute Gasteiger partial charge is 0.259 e. The monoisotopic (exact) mass is 255 g/mol. The van der Waals surface area contributed by atoms with Crippen LogP contribution >= 0.6 is 0 Å². The number of rotatable bonds is 5. The van der Waals surface area contributed by atoms with Gasteiger partial charge in [0.1, 0.15) is 0 Å². The highest BCUT2D eigenvalue weighted by atomic mass is 32.2. The second-order valence-electron chi connectivity index (χ2n) is 3.45. The van der Waals surface area contributed by atoms with Gasteiger partial charge in [-0.2, -0.15) is 5.10 Å². The van der Waals surface area contributed by atoms with Gasteiger partial charge in [0, 0.05) is 18.9 Å². The molecule has 0 aliphatic rings. The Kier molecular flexibility index (Phi) is 3.25. The molecule has 0 saturated heterocycles. The van der Waals surface area contributed by atoms with E-state index >= 15 is 0 Å². The fourth-order valence-corrected chi connectivity index (χ4v) is 2.23. The number of aryl methyl sites for hydroxylation is 1. The SMILES string of the molecule is CCn1cnc(S(=O)(=O)NCc2ccn[nH]2)c1. The van der Waals surface area contributed by atoms with Gasteiger partial charge >= 0.3 is 0 Å². The van der Waals surface area contributed by atoms with Crippen molar-refractivity contribution in [2.24, 2.45) is 0 Å². The van der Waals surface area contributed by atoms with Crippen molar-refractivity contribution in [3.05, 3.63) is 30.5 Å². The Labute approximate surface area is 98.9 Å². The second kappa shape index (κ2) is 4.68. The van der Waals surface area contributed by atoms with Crippen molar-refractivity contribution >= 4 is 10.0 Å². The summed E-state index contributed by atoms with van der Waals surface area (Å²) in [5, 5.41) is 6.44. The summed E-state index contributed by atoms with van der Waals surface area (Å²) in [7, 11) is -3.56. The first-order valence-corrected chi connectivity index (χ1v) is 6.60. The van der Waals surface area contributed by atoms with Gasteiger partial charge in [0.2, 0.25) is 0 Å². The van der Waals surface area contributed by atoms with E-state index in [0.717, 1.165) is 0 Å². The number of aromatic nitrogens is 4. The average molecular weight is 255 g/mol. The fraction of sp³-hybridized carbons (Fsp3) is 0.333. The van der Waals surface area contributed by atoms with Gasteiger partial charge in [0.15, 0.2) is 5.03 Å². The summed E-state index contributed by atoms with van der Waals surface area (Å²) in [6, 6.07) is 1.70. The zero-order chi connectivity index (χ0) is 12.3. The number of hydrogen-bond acceptors (Lipinski definition) is 4. The Morgan fingerprint density at radius 1 is 1.53 bits per heavy atom. The second-order valence-corrected chi connectivity index (χ2v) is 5.16. The number of hydrogen-bond donors (Lipinski definition) is 2. The van der Waals surface area contributed by atoms with Gasteiger partial charge in [0.05, 0.1) is 18.6 Å². The fourth-order valence-electron chi connectivity index (χ4n) is 1.28. The molecular weight excluding hydrogens is 242 g/mol. The van der Waals surface area contributed by atoms with Crippen molar-refractivity contribution in [1.29, 1.82) is 0 Å². The van der Waals surface area contributed by atoms with E-state index in [-0.39, 0.29) is 11.6 Å². The topological polar surface area (TPSA) is 92.7 Å². The predicted molar refractivity (Wildman–Crippen MR) is 60.5 cm³/mol. The van der Waals surface area contributed by atoms with Crippen LogP contribution in [0.5, 0.6) is 0 Å². The van der Waals surface area contributed by atoms with Crippen molar-refractivity contribution < 1.29 is 8.42 Å². The summed E-state index contributed by atoms with van der Waals surface area (Å²) in [6.07, 6.45) is 4.55. The van der Waals surface area contributed by atoms with E-state index in [1.54, 1.807) is 16.8 Å². The van der Waals surface area contributed by atoms with E-state index in [4.69, 9.17) is 0 Å². The Hall–Kier alpha value is -1.67. The largest absolute Gasteiger partial charge is 0.336 e. The molecule has 0 aliphatic carbocycles. The quantitative estimate of drug-likeness (QED) is 0.792. The number of sulfonamides is 1. The molecule has 0 saturated carbocycles. The Morgan fingerprint density at radius 2 is 2.35 bits per heavy atom. The lowest BCUT2D eigenvalue weighted by atomic mass is 10.4. The third-order valence-electron chi connectivity index (χ3n) is 2.26. The molecular formula is C9H13N5O2S. The number of nitrogens with one attached hydrogen (secondary N) is 2. The van der Waals surface area contributed by atoms with Gasteiger partial charge in [0.25, 0.3) is 10.0 Å². The molecule has 0 fully saturated rings. The predicted octanol–water partition coefficient (Wildman–Crippen LogP) is 0.105. The standard InChI is InChI=1S/C9H13N5O2S/c1-2-14-6-9(10-7-14)17(15,16)12-5-8-3-4-11-13-8/h3-4,6-7,12H,2,5H2,1H3,(H,11,13). The molecule has 0 bridgehead atoms. The van der Waals surface area contributed by atoms with Crippen molar-refractivity contribution in [3.8, 4) is 0 Å². The molecule has 0 radical (unpaired) electrons. The third-order valence-corrected chi connectivity index (χ3v) is 3.55. The number of aromatic amines is 1. The van der Waals surface area contributed by atoms with Crippen LogP contribution in [0.1, 0.15) is 12.6 Å². The van der Waals surface area contributed by atoms with Crippen LogP contribution in [0.15, 0.2) is 29.8 Å². The number of imidazole rings is 1. The molecule has 2 N–H and O–H groups in total. The molecule has 2 heterocycles. The Bertz CT molecular complexity index is 572. The van der Waals surface area contributed by atoms with Crippen LogP contribution in [0.4, 0.5) is 0 Å². The zero-order valence-electron chi connectivity index (χ0n) is 9.29. The van der Waals surface area contributed by atoms with Gasteiger partial charge in [-0.25, -0.2) is 18.1 Å². The van der Waals surface area contributed by atoms with Gasteiger partial charge in [-0.1, -0.05) is 0 Å². The van der Waals surface area contributed by atoms with Crippen molar-refractivity contribution in [1.82, 2.24) is 24.5 Å². The molecule has 2 aromatic rings. The summed E-state index contributed by atoms with van der Waals surface area (Å²) < 4.78 is 27.8. The summed E-state index contributed by atoms with van der Waals surface area (Å²) >= 11 is 0. The first-order chi connectivity index (χ1) is 8.12. The normalized spacial score (nSPS) is 11.8. The molecule has 0 aliphatic heterocycles. The zero-order valence-corrected chi connectivity index (χ0v) is 10.1. The van der Waals surface area contributed by atoms with E-state index in [1.165, 1.54) is 12.5 Å². The first-order valence-electron chi connectivity index (χ1n) is 5.11. The van der Waals surface area contributed by atoms with Crippen LogP contribution in [0.2, 0.25) is 0 Å². The van der Waals surface area contributed by atoms with Crippen LogP contribution in [-0.4, -0.2) is 28.2 Å². The van der Waals surface area contributed by atoms with E-state index in [2.05, 4.69) is 19.9 Å². The van der Waals surface area contributed by atoms with Crippen molar-refractivity contribution in [2.75, 3.05) is 0 Å². The number of nitrogens with zero attached hydrogens (tertiary/aromatic N) is 3. The van der Waals surface area contributed by atoms with E-state index in [9.17, 15) is 8.42 Å². The Balaban J connectivity index is 2.08. The molecule has 0 unspecified atom stereocenters. The van der Waals surface area contributed by atoms with Crippen LogP contribution < -0.4 is 4.72 Å². The van der Waals surface area contributed by atoms with Gasteiger partial charge in [-0.15, -0.1) is 0 Å². The highest BCUT2D eigenvalue weighted by Gasteiger charge is 2.16. The van der Waals surface area contributed by atoms with E-state index in [1.807, 2.05) is 6.92 Å².